The molecule has 0 aromatic rings. The van der Waals surface area contributed by atoms with Crippen LogP contribution >= 0.6 is 0 Å². The molecule has 1 saturated carbocycles. The molecule has 7 nitrogen and oxygen atoms in total. The van der Waals surface area contributed by atoms with Gasteiger partial charge in [0.1, 0.15) is 12.6 Å². The van der Waals surface area contributed by atoms with Crippen molar-refractivity contribution in [1.82, 2.24) is 15.5 Å². The van der Waals surface area contributed by atoms with Crippen LogP contribution in [-0.4, -0.2) is 53.1 Å². The van der Waals surface area contributed by atoms with Crippen molar-refractivity contribution in [2.45, 2.75) is 24.9 Å². The Bertz CT molecular complexity index is 340. The maximum atomic E-state index is 11.7. The third-order valence-corrected chi connectivity index (χ3v) is 2.63. The first-order valence-corrected chi connectivity index (χ1v) is 5.14. The molecule has 1 heterocycles. The van der Waals surface area contributed by atoms with Crippen LogP contribution in [0.5, 0.6) is 0 Å². The van der Waals surface area contributed by atoms with E-state index in [1.165, 1.54) is 0 Å². The van der Waals surface area contributed by atoms with Gasteiger partial charge >= 0.3 is 12.0 Å². The fourth-order valence-electron chi connectivity index (χ4n) is 1.56. The number of nitrogens with one attached hydrogen (secondary N) is 2. The Morgan fingerprint density at radius 1 is 1.44 bits per heavy atom. The average Bonchev–Trinajstić information content (AvgIpc) is 3.01. The number of carbonyl (C=O) groups is 3. The van der Waals surface area contributed by atoms with Crippen molar-refractivity contribution in [3.05, 3.63) is 0 Å². The summed E-state index contributed by atoms with van der Waals surface area (Å²) in [6.07, 6.45) is 1.84. The Kier molecular flexibility index (Phi) is 2.67. The summed E-state index contributed by atoms with van der Waals surface area (Å²) in [6, 6.07) is -1.30. The van der Waals surface area contributed by atoms with E-state index in [0.717, 1.165) is 17.7 Å². The predicted molar refractivity (Wildman–Crippen MR) is 52.7 cm³/mol. The van der Waals surface area contributed by atoms with Gasteiger partial charge in [-0.3, -0.25) is 9.69 Å². The highest BCUT2D eigenvalue weighted by atomic mass is 16.4. The fourth-order valence-corrected chi connectivity index (χ4v) is 1.56. The highest BCUT2D eigenvalue weighted by molar-refractivity contribution is 5.90. The smallest absolute Gasteiger partial charge is 0.328 e. The zero-order chi connectivity index (χ0) is 11.7. The SMILES string of the molecule is O=C1CN(C(=O)NC2CC2)C(C(=O)O)CN1. The van der Waals surface area contributed by atoms with E-state index in [1.54, 1.807) is 0 Å². The van der Waals surface area contributed by atoms with Crippen LogP contribution in [0.25, 0.3) is 0 Å². The molecule has 0 bridgehead atoms. The lowest BCUT2D eigenvalue weighted by Crippen LogP contribution is -2.61. The lowest BCUT2D eigenvalue weighted by Gasteiger charge is -2.32. The number of carboxylic acids is 1. The second kappa shape index (κ2) is 3.99. The first-order chi connectivity index (χ1) is 7.58. The molecule has 1 atom stereocenters. The second-order valence-electron chi connectivity index (χ2n) is 4.01. The zero-order valence-corrected chi connectivity index (χ0v) is 8.60. The Labute approximate surface area is 91.8 Å². The van der Waals surface area contributed by atoms with Gasteiger partial charge in [-0.05, 0) is 12.8 Å². The van der Waals surface area contributed by atoms with Crippen molar-refractivity contribution in [3.8, 4) is 0 Å². The number of aliphatic carboxylic acids is 1. The summed E-state index contributed by atoms with van der Waals surface area (Å²) >= 11 is 0. The molecule has 0 spiro atoms. The molecule has 1 unspecified atom stereocenters. The molecule has 16 heavy (non-hydrogen) atoms. The molecule has 1 aliphatic carbocycles. The lowest BCUT2D eigenvalue weighted by molar-refractivity contribution is -0.144. The number of rotatable bonds is 2. The highest BCUT2D eigenvalue weighted by Gasteiger charge is 2.37. The lowest BCUT2D eigenvalue weighted by atomic mass is 10.2. The number of hydrogen-bond acceptors (Lipinski definition) is 3. The minimum absolute atomic E-state index is 0.0355. The maximum absolute atomic E-state index is 11.7. The Balaban J connectivity index is 2.03. The normalized spacial score (nSPS) is 24.9. The molecule has 2 fully saturated rings. The van der Waals surface area contributed by atoms with Crippen LogP contribution in [0.1, 0.15) is 12.8 Å². The molecule has 1 saturated heterocycles. The number of nitrogens with zero attached hydrogens (tertiary/aromatic N) is 1. The van der Waals surface area contributed by atoms with Gasteiger partial charge < -0.3 is 15.7 Å². The van der Waals surface area contributed by atoms with Gasteiger partial charge in [0.25, 0.3) is 0 Å². The van der Waals surface area contributed by atoms with Crippen molar-refractivity contribution in [1.29, 1.82) is 0 Å². The number of hydrogen-bond donors (Lipinski definition) is 3. The van der Waals surface area contributed by atoms with E-state index in [0.29, 0.717) is 0 Å². The van der Waals surface area contributed by atoms with E-state index in [4.69, 9.17) is 5.11 Å². The Morgan fingerprint density at radius 3 is 2.69 bits per heavy atom. The molecule has 0 aromatic carbocycles. The van der Waals surface area contributed by atoms with Crippen LogP contribution in [0.15, 0.2) is 0 Å². The molecule has 3 amide bonds. The molecule has 2 aliphatic rings. The van der Waals surface area contributed by atoms with Crippen LogP contribution in [0, 0.1) is 0 Å². The molecule has 0 aromatic heterocycles. The molecule has 7 heteroatoms. The molecular weight excluding hydrogens is 214 g/mol. The molecule has 88 valence electrons. The van der Waals surface area contributed by atoms with E-state index in [-0.39, 0.29) is 25.0 Å². The van der Waals surface area contributed by atoms with Gasteiger partial charge in [-0.25, -0.2) is 9.59 Å². The summed E-state index contributed by atoms with van der Waals surface area (Å²) in [5.74, 6) is -1.44. The number of piperazine rings is 1. The topological polar surface area (TPSA) is 98.7 Å². The minimum atomic E-state index is -1.11. The summed E-state index contributed by atoms with van der Waals surface area (Å²) in [7, 11) is 0. The van der Waals surface area contributed by atoms with Crippen molar-refractivity contribution >= 4 is 17.9 Å². The largest absolute Gasteiger partial charge is 0.480 e. The van der Waals surface area contributed by atoms with Crippen molar-refractivity contribution in [3.63, 3.8) is 0 Å². The van der Waals surface area contributed by atoms with Crippen molar-refractivity contribution < 1.29 is 19.5 Å². The Hall–Kier alpha value is -1.79. The standard InChI is InChI=1S/C9H13N3O4/c13-7-4-12(6(3-10-7)8(14)15)9(16)11-5-1-2-5/h5-6H,1-4H2,(H,10,13)(H,11,16)(H,14,15). The van der Waals surface area contributed by atoms with E-state index in [9.17, 15) is 14.4 Å². The number of urea groups is 1. The van der Waals surface area contributed by atoms with E-state index in [2.05, 4.69) is 10.6 Å². The third-order valence-electron chi connectivity index (χ3n) is 2.63. The highest BCUT2D eigenvalue weighted by Crippen LogP contribution is 2.19. The first-order valence-electron chi connectivity index (χ1n) is 5.14. The van der Waals surface area contributed by atoms with Gasteiger partial charge in [-0.15, -0.1) is 0 Å². The van der Waals surface area contributed by atoms with Crippen molar-refractivity contribution in [2.75, 3.05) is 13.1 Å². The van der Waals surface area contributed by atoms with Crippen LogP contribution in [0.2, 0.25) is 0 Å². The van der Waals surface area contributed by atoms with Gasteiger partial charge in [0.05, 0.1) is 0 Å². The molecule has 2 rings (SSSR count). The average molecular weight is 227 g/mol. The monoisotopic (exact) mass is 227 g/mol. The molecular formula is C9H13N3O4. The van der Waals surface area contributed by atoms with E-state index >= 15 is 0 Å². The van der Waals surface area contributed by atoms with E-state index in [1.807, 2.05) is 0 Å². The van der Waals surface area contributed by atoms with E-state index < -0.39 is 18.0 Å². The van der Waals surface area contributed by atoms with Gasteiger partial charge in [0, 0.05) is 12.6 Å². The minimum Gasteiger partial charge on any atom is -0.480 e. The summed E-state index contributed by atoms with van der Waals surface area (Å²) in [5, 5.41) is 14.0. The zero-order valence-electron chi connectivity index (χ0n) is 8.60. The van der Waals surface area contributed by atoms with Crippen LogP contribution < -0.4 is 10.6 Å². The van der Waals surface area contributed by atoms with Gasteiger partial charge in [-0.2, -0.15) is 0 Å². The quantitative estimate of drug-likeness (QED) is 0.548. The number of carbonyl (C=O) groups excluding carboxylic acids is 2. The predicted octanol–water partition coefficient (Wildman–Crippen LogP) is -1.26. The van der Waals surface area contributed by atoms with Gasteiger partial charge in [0.15, 0.2) is 0 Å². The van der Waals surface area contributed by atoms with Crippen molar-refractivity contribution in [2.24, 2.45) is 0 Å². The second-order valence-corrected chi connectivity index (χ2v) is 4.01. The maximum Gasteiger partial charge on any atom is 0.328 e. The number of amides is 3. The summed E-state index contributed by atoms with van der Waals surface area (Å²) < 4.78 is 0. The summed E-state index contributed by atoms with van der Waals surface area (Å²) in [6.45, 7) is -0.234. The first kappa shape index (κ1) is 10.7. The van der Waals surface area contributed by atoms with Crippen LogP contribution in [-0.2, 0) is 9.59 Å². The van der Waals surface area contributed by atoms with Gasteiger partial charge in [-0.1, -0.05) is 0 Å². The van der Waals surface area contributed by atoms with Crippen LogP contribution in [0.3, 0.4) is 0 Å². The molecule has 1 aliphatic heterocycles. The molecule has 0 radical (unpaired) electrons. The summed E-state index contributed by atoms with van der Waals surface area (Å²) in [5.41, 5.74) is 0. The molecule has 3 N–H and O–H groups in total. The van der Waals surface area contributed by atoms with Gasteiger partial charge in [0.2, 0.25) is 5.91 Å². The third kappa shape index (κ3) is 2.23. The summed E-state index contributed by atoms with van der Waals surface area (Å²) in [4.78, 5) is 34.8. The Morgan fingerprint density at radius 2 is 2.12 bits per heavy atom. The fraction of sp³-hybridized carbons (Fsp3) is 0.667. The number of carboxylic acid groups (broad SMARTS) is 1. The van der Waals surface area contributed by atoms with Crippen LogP contribution in [0.4, 0.5) is 4.79 Å².